The summed E-state index contributed by atoms with van der Waals surface area (Å²) >= 11 is 4.33. The van der Waals surface area contributed by atoms with Crippen molar-refractivity contribution in [2.45, 2.75) is 18.9 Å². The molecule has 4 nitrogen and oxygen atoms in total. The summed E-state index contributed by atoms with van der Waals surface area (Å²) in [5.41, 5.74) is 0. The number of piperidine rings is 1. The van der Waals surface area contributed by atoms with Crippen LogP contribution in [-0.2, 0) is 0 Å². The van der Waals surface area contributed by atoms with Crippen molar-refractivity contribution in [2.24, 2.45) is 0 Å². The van der Waals surface area contributed by atoms with E-state index in [1.165, 1.54) is 25.9 Å². The number of hydrogen-bond donors (Lipinski definition) is 2. The average Bonchev–Trinajstić information content (AvgIpc) is 2.40. The number of aliphatic hydroxyl groups excluding tert-OH is 1. The van der Waals surface area contributed by atoms with Crippen LogP contribution in [0, 0.1) is 0 Å². The van der Waals surface area contributed by atoms with E-state index in [0.717, 1.165) is 38.6 Å². The number of rotatable bonds is 4. The molecule has 2 fully saturated rings. The standard InChI is InChI=1S/C12H25N3OS/c16-9-8-13-3-1-2-12(10-13)15-6-4-14(11-17)5-7-15/h12,16-17H,1-11H2. The third kappa shape index (κ3) is 3.83. The molecule has 0 saturated carbocycles. The molecule has 100 valence electrons. The van der Waals surface area contributed by atoms with Crippen LogP contribution in [0.15, 0.2) is 0 Å². The monoisotopic (exact) mass is 259 g/mol. The van der Waals surface area contributed by atoms with Crippen molar-refractivity contribution in [1.82, 2.24) is 14.7 Å². The normalized spacial score (nSPS) is 29.6. The van der Waals surface area contributed by atoms with Gasteiger partial charge in [-0.3, -0.25) is 14.7 Å². The number of hydrogen-bond acceptors (Lipinski definition) is 5. The van der Waals surface area contributed by atoms with Gasteiger partial charge in [0.2, 0.25) is 0 Å². The zero-order chi connectivity index (χ0) is 12.1. The second-order valence-corrected chi connectivity index (χ2v) is 5.40. The summed E-state index contributed by atoms with van der Waals surface area (Å²) in [5, 5.41) is 9.01. The molecule has 0 amide bonds. The van der Waals surface area contributed by atoms with Gasteiger partial charge in [0.1, 0.15) is 0 Å². The Morgan fingerprint density at radius 2 is 1.82 bits per heavy atom. The highest BCUT2D eigenvalue weighted by Gasteiger charge is 2.27. The lowest BCUT2D eigenvalue weighted by Crippen LogP contribution is -2.55. The quantitative estimate of drug-likeness (QED) is 0.693. The van der Waals surface area contributed by atoms with E-state index < -0.39 is 0 Å². The molecule has 2 saturated heterocycles. The second kappa shape index (κ2) is 6.95. The fraction of sp³-hybridized carbons (Fsp3) is 1.00. The molecular formula is C12H25N3OS. The van der Waals surface area contributed by atoms with Gasteiger partial charge in [0.15, 0.2) is 0 Å². The number of aliphatic hydroxyl groups is 1. The maximum atomic E-state index is 9.01. The molecule has 0 aliphatic carbocycles. The highest BCUT2D eigenvalue weighted by molar-refractivity contribution is 7.80. The number of likely N-dealkylation sites (tertiary alicyclic amines) is 1. The van der Waals surface area contributed by atoms with Crippen LogP contribution in [0.3, 0.4) is 0 Å². The molecule has 1 unspecified atom stereocenters. The Labute approximate surface area is 110 Å². The third-order valence-corrected chi connectivity index (χ3v) is 4.42. The van der Waals surface area contributed by atoms with E-state index in [0.29, 0.717) is 12.6 Å². The fourth-order valence-electron chi connectivity index (χ4n) is 2.94. The number of thiol groups is 1. The van der Waals surface area contributed by atoms with Crippen LogP contribution in [0.5, 0.6) is 0 Å². The zero-order valence-corrected chi connectivity index (χ0v) is 11.5. The number of piperazine rings is 1. The lowest BCUT2D eigenvalue weighted by atomic mass is 10.0. The predicted molar refractivity (Wildman–Crippen MR) is 73.5 cm³/mol. The van der Waals surface area contributed by atoms with E-state index in [1.54, 1.807) is 0 Å². The Hall–Kier alpha value is 0.190. The van der Waals surface area contributed by atoms with E-state index in [-0.39, 0.29) is 0 Å². The maximum absolute atomic E-state index is 9.01. The second-order valence-electron chi connectivity index (χ2n) is 5.12. The fourth-order valence-corrected chi connectivity index (χ4v) is 3.23. The van der Waals surface area contributed by atoms with Gasteiger partial charge in [0.05, 0.1) is 6.61 Å². The minimum absolute atomic E-state index is 0.292. The molecule has 0 spiro atoms. The van der Waals surface area contributed by atoms with E-state index in [4.69, 9.17) is 5.11 Å². The van der Waals surface area contributed by atoms with Gasteiger partial charge < -0.3 is 5.11 Å². The van der Waals surface area contributed by atoms with Gasteiger partial charge >= 0.3 is 0 Å². The minimum atomic E-state index is 0.292. The Morgan fingerprint density at radius 3 is 2.47 bits per heavy atom. The summed E-state index contributed by atoms with van der Waals surface area (Å²) in [5.74, 6) is 0.884. The highest BCUT2D eigenvalue weighted by atomic mass is 32.1. The van der Waals surface area contributed by atoms with Crippen molar-refractivity contribution in [1.29, 1.82) is 0 Å². The van der Waals surface area contributed by atoms with Gasteiger partial charge in [-0.05, 0) is 19.4 Å². The van der Waals surface area contributed by atoms with Crippen LogP contribution in [0.2, 0.25) is 0 Å². The van der Waals surface area contributed by atoms with Gasteiger partial charge in [-0.25, -0.2) is 0 Å². The molecular weight excluding hydrogens is 234 g/mol. The van der Waals surface area contributed by atoms with Crippen molar-refractivity contribution in [3.63, 3.8) is 0 Å². The molecule has 0 radical (unpaired) electrons. The Balaban J connectivity index is 1.77. The van der Waals surface area contributed by atoms with Crippen molar-refractivity contribution in [3.8, 4) is 0 Å². The molecule has 2 aliphatic rings. The molecule has 0 aromatic rings. The molecule has 1 atom stereocenters. The van der Waals surface area contributed by atoms with E-state index >= 15 is 0 Å². The van der Waals surface area contributed by atoms with Gasteiger partial charge in [-0.2, -0.15) is 12.6 Å². The van der Waals surface area contributed by atoms with Crippen LogP contribution >= 0.6 is 12.6 Å². The summed E-state index contributed by atoms with van der Waals surface area (Å²) in [4.78, 5) is 7.43. The Kier molecular flexibility index (Phi) is 5.56. The first-order valence-electron chi connectivity index (χ1n) is 6.74. The summed E-state index contributed by atoms with van der Waals surface area (Å²) < 4.78 is 0. The van der Waals surface area contributed by atoms with Crippen molar-refractivity contribution in [2.75, 3.05) is 58.3 Å². The summed E-state index contributed by atoms with van der Waals surface area (Å²) in [6, 6.07) is 0.706. The van der Waals surface area contributed by atoms with Gasteiger partial charge in [0, 0.05) is 51.2 Å². The Bertz CT molecular complexity index is 220. The van der Waals surface area contributed by atoms with Gasteiger partial charge in [-0.15, -0.1) is 0 Å². The van der Waals surface area contributed by atoms with Crippen molar-refractivity contribution in [3.05, 3.63) is 0 Å². The van der Waals surface area contributed by atoms with Crippen LogP contribution in [0.1, 0.15) is 12.8 Å². The largest absolute Gasteiger partial charge is 0.395 e. The zero-order valence-electron chi connectivity index (χ0n) is 10.6. The lowest BCUT2D eigenvalue weighted by molar-refractivity contribution is 0.0526. The smallest absolute Gasteiger partial charge is 0.0558 e. The molecule has 0 bridgehead atoms. The molecule has 0 aromatic carbocycles. The summed E-state index contributed by atoms with van der Waals surface area (Å²) in [6.45, 7) is 8.10. The average molecular weight is 259 g/mol. The molecule has 1 N–H and O–H groups in total. The van der Waals surface area contributed by atoms with E-state index in [1.807, 2.05) is 0 Å². The van der Waals surface area contributed by atoms with Gasteiger partial charge in [-0.1, -0.05) is 0 Å². The van der Waals surface area contributed by atoms with Crippen LogP contribution < -0.4 is 0 Å². The van der Waals surface area contributed by atoms with Gasteiger partial charge in [0.25, 0.3) is 0 Å². The van der Waals surface area contributed by atoms with Crippen LogP contribution in [-0.4, -0.2) is 84.1 Å². The van der Waals surface area contributed by atoms with E-state index in [9.17, 15) is 0 Å². The molecule has 2 heterocycles. The van der Waals surface area contributed by atoms with Crippen molar-refractivity contribution >= 4 is 12.6 Å². The number of nitrogens with zero attached hydrogens (tertiary/aromatic N) is 3. The summed E-state index contributed by atoms with van der Waals surface area (Å²) in [6.07, 6.45) is 2.60. The Morgan fingerprint density at radius 1 is 1.06 bits per heavy atom. The van der Waals surface area contributed by atoms with Crippen LogP contribution in [0.25, 0.3) is 0 Å². The third-order valence-electron chi connectivity index (χ3n) is 4.02. The first-order chi connectivity index (χ1) is 8.33. The SMILES string of the molecule is OCCN1CCCC(N2CCN(CS)CC2)C1. The molecule has 17 heavy (non-hydrogen) atoms. The van der Waals surface area contributed by atoms with E-state index in [2.05, 4.69) is 27.3 Å². The maximum Gasteiger partial charge on any atom is 0.0558 e. The number of β-amino-alcohol motifs (C(OH)–C–C–N with tert-alkyl or cyclic N) is 1. The molecule has 0 aromatic heterocycles. The predicted octanol–water partition coefficient (Wildman–Crippen LogP) is -0.0520. The first-order valence-corrected chi connectivity index (χ1v) is 7.37. The first kappa shape index (κ1) is 13.6. The van der Waals surface area contributed by atoms with Crippen molar-refractivity contribution < 1.29 is 5.11 Å². The lowest BCUT2D eigenvalue weighted by Gasteiger charge is -2.43. The molecule has 2 aliphatic heterocycles. The molecule has 5 heteroatoms. The van der Waals surface area contributed by atoms with Crippen LogP contribution in [0.4, 0.5) is 0 Å². The topological polar surface area (TPSA) is 30.0 Å². The highest BCUT2D eigenvalue weighted by Crippen LogP contribution is 2.17. The molecule has 2 rings (SSSR count). The summed E-state index contributed by atoms with van der Waals surface area (Å²) in [7, 11) is 0. The minimum Gasteiger partial charge on any atom is -0.395 e.